The SMILES string of the molecule is c1ccc(-n2c3ccccc3c3cccc(-c4cccc(N(c5ccc6oc7ccccc7c6c5)c5ccccc5-c5cccc6cccc(C7CCCCC7)c56)c4)c32)cc1. The highest BCUT2D eigenvalue weighted by Gasteiger charge is 2.24. The van der Waals surface area contributed by atoms with E-state index < -0.39 is 0 Å². The fourth-order valence-electron chi connectivity index (χ4n) is 10.4. The van der Waals surface area contributed by atoms with Crippen LogP contribution in [0.3, 0.4) is 0 Å². The lowest BCUT2D eigenvalue weighted by molar-refractivity contribution is 0.445. The first kappa shape index (κ1) is 35.6. The molecule has 0 N–H and O–H groups in total. The van der Waals surface area contributed by atoms with Crippen LogP contribution >= 0.6 is 0 Å². The number of furan rings is 1. The second kappa shape index (κ2) is 14.7. The van der Waals surface area contributed by atoms with Gasteiger partial charge in [0.1, 0.15) is 11.2 Å². The Kier molecular flexibility index (Phi) is 8.59. The highest BCUT2D eigenvalue weighted by molar-refractivity contribution is 6.14. The minimum atomic E-state index is 0.574. The second-order valence-electron chi connectivity index (χ2n) is 16.7. The van der Waals surface area contributed by atoms with Gasteiger partial charge < -0.3 is 13.9 Å². The first-order valence-electron chi connectivity index (χ1n) is 21.8. The quantitative estimate of drug-likeness (QED) is 0.161. The summed E-state index contributed by atoms with van der Waals surface area (Å²) in [5.74, 6) is 0.574. The molecule has 9 aromatic carbocycles. The summed E-state index contributed by atoms with van der Waals surface area (Å²) in [6, 6.07) is 73.3. The molecule has 1 aliphatic carbocycles. The van der Waals surface area contributed by atoms with E-state index in [1.165, 1.54) is 86.9 Å². The molecule has 11 aromatic rings. The van der Waals surface area contributed by atoms with Gasteiger partial charge in [0.2, 0.25) is 0 Å². The van der Waals surface area contributed by atoms with Gasteiger partial charge in [-0.3, -0.25) is 0 Å². The van der Waals surface area contributed by atoms with Crippen LogP contribution in [0.25, 0.3) is 82.5 Å². The van der Waals surface area contributed by atoms with Gasteiger partial charge in [-0.1, -0.05) is 159 Å². The van der Waals surface area contributed by atoms with Crippen LogP contribution in [0.15, 0.2) is 205 Å². The molecule has 0 unspecified atom stereocenters. The zero-order valence-corrected chi connectivity index (χ0v) is 34.0. The molecule has 0 spiro atoms. The summed E-state index contributed by atoms with van der Waals surface area (Å²) in [6.07, 6.45) is 6.44. The van der Waals surface area contributed by atoms with Crippen LogP contribution in [0.5, 0.6) is 0 Å². The number of benzene rings is 9. The Bertz CT molecular complexity index is 3420. The van der Waals surface area contributed by atoms with Crippen molar-refractivity contribution >= 4 is 71.6 Å². The summed E-state index contributed by atoms with van der Waals surface area (Å²) in [7, 11) is 0. The van der Waals surface area contributed by atoms with Gasteiger partial charge in [0.25, 0.3) is 0 Å². The molecule has 0 amide bonds. The lowest BCUT2D eigenvalue weighted by atomic mass is 9.80. The Hall–Kier alpha value is -7.36. The average molecular weight is 785 g/mol. The molecule has 3 nitrogen and oxygen atoms in total. The van der Waals surface area contributed by atoms with E-state index in [4.69, 9.17) is 4.42 Å². The van der Waals surface area contributed by atoms with Crippen LogP contribution in [0.2, 0.25) is 0 Å². The molecule has 3 heteroatoms. The van der Waals surface area contributed by atoms with Crippen molar-refractivity contribution < 1.29 is 4.42 Å². The van der Waals surface area contributed by atoms with Crippen LogP contribution in [-0.4, -0.2) is 4.57 Å². The number of rotatable bonds is 7. The number of hydrogen-bond donors (Lipinski definition) is 0. The van der Waals surface area contributed by atoms with Crippen molar-refractivity contribution in [2.45, 2.75) is 38.0 Å². The van der Waals surface area contributed by atoms with Gasteiger partial charge in [-0.15, -0.1) is 0 Å². The summed E-state index contributed by atoms with van der Waals surface area (Å²) >= 11 is 0. The molecule has 0 saturated heterocycles. The van der Waals surface area contributed by atoms with Crippen molar-refractivity contribution in [1.29, 1.82) is 0 Å². The molecule has 1 fully saturated rings. The molecule has 0 bridgehead atoms. The number of aromatic nitrogens is 1. The standard InChI is InChI=1S/C58H44N2O/c1-3-17-39(18-4-1)45-28-14-19-40-20-15-30-50(57(40)45)47-25-7-10-32-53(47)59(44-35-36-56-52(38-44)49-27-9-12-34-55(49)61-56)43-24-13-21-41(37-43)46-29-16-31-51-48-26-8-11-33-54(48)60(58(46)51)42-22-5-2-6-23-42/h2,5-16,19-39H,1,3-4,17-18H2. The van der Waals surface area contributed by atoms with E-state index in [1.54, 1.807) is 0 Å². The fraction of sp³-hybridized carbons (Fsp3) is 0.103. The minimum absolute atomic E-state index is 0.574. The number of fused-ring (bicyclic) bond motifs is 7. The van der Waals surface area contributed by atoms with Gasteiger partial charge in [0, 0.05) is 49.7 Å². The maximum absolute atomic E-state index is 6.38. The van der Waals surface area contributed by atoms with Crippen LogP contribution in [-0.2, 0) is 0 Å². The number of anilines is 3. The monoisotopic (exact) mass is 784 g/mol. The van der Waals surface area contributed by atoms with Crippen molar-refractivity contribution in [2.24, 2.45) is 0 Å². The molecule has 61 heavy (non-hydrogen) atoms. The Morgan fingerprint density at radius 3 is 2.03 bits per heavy atom. The molecular weight excluding hydrogens is 741 g/mol. The van der Waals surface area contributed by atoms with Crippen LogP contribution in [0, 0.1) is 0 Å². The van der Waals surface area contributed by atoms with Crippen LogP contribution in [0.4, 0.5) is 17.1 Å². The van der Waals surface area contributed by atoms with E-state index >= 15 is 0 Å². The summed E-state index contributed by atoms with van der Waals surface area (Å²) in [4.78, 5) is 2.47. The summed E-state index contributed by atoms with van der Waals surface area (Å²) in [6.45, 7) is 0. The molecule has 2 aromatic heterocycles. The third-order valence-electron chi connectivity index (χ3n) is 13.2. The Morgan fingerprint density at radius 2 is 1.13 bits per heavy atom. The molecule has 1 aliphatic rings. The topological polar surface area (TPSA) is 21.3 Å². The molecule has 292 valence electrons. The number of nitrogens with zero attached hydrogens (tertiary/aromatic N) is 2. The van der Waals surface area contributed by atoms with Crippen molar-refractivity contribution in [3.8, 4) is 27.9 Å². The first-order chi connectivity index (χ1) is 30.3. The Balaban J connectivity index is 1.10. The molecule has 0 atom stereocenters. The minimum Gasteiger partial charge on any atom is -0.456 e. The van der Waals surface area contributed by atoms with Gasteiger partial charge >= 0.3 is 0 Å². The third kappa shape index (κ3) is 5.95. The molecule has 1 saturated carbocycles. The summed E-state index contributed by atoms with van der Waals surface area (Å²) in [5, 5.41) is 7.40. The smallest absolute Gasteiger partial charge is 0.135 e. The zero-order chi connectivity index (χ0) is 40.3. The van der Waals surface area contributed by atoms with Crippen LogP contribution in [0.1, 0.15) is 43.6 Å². The Morgan fingerprint density at radius 1 is 0.459 bits per heavy atom. The van der Waals surface area contributed by atoms with Gasteiger partial charge in [-0.05, 0) is 107 Å². The lowest BCUT2D eigenvalue weighted by Crippen LogP contribution is -2.11. The highest BCUT2D eigenvalue weighted by atomic mass is 16.3. The second-order valence-corrected chi connectivity index (χ2v) is 16.7. The van der Waals surface area contributed by atoms with Crippen LogP contribution < -0.4 is 4.90 Å². The lowest BCUT2D eigenvalue weighted by Gasteiger charge is -2.29. The molecule has 2 heterocycles. The predicted molar refractivity (Wildman–Crippen MR) is 257 cm³/mol. The predicted octanol–water partition coefficient (Wildman–Crippen LogP) is 16.7. The average Bonchev–Trinajstić information content (AvgIpc) is 3.88. The van der Waals surface area contributed by atoms with Crippen molar-refractivity contribution in [1.82, 2.24) is 4.57 Å². The summed E-state index contributed by atoms with van der Waals surface area (Å²) < 4.78 is 8.81. The molecule has 0 aliphatic heterocycles. The van der Waals surface area contributed by atoms with E-state index in [0.29, 0.717) is 5.92 Å². The molecule has 0 radical (unpaired) electrons. The highest BCUT2D eigenvalue weighted by Crippen LogP contribution is 2.48. The zero-order valence-electron chi connectivity index (χ0n) is 34.0. The number of para-hydroxylation sites is 5. The normalized spacial score (nSPS) is 13.5. The van der Waals surface area contributed by atoms with E-state index in [-0.39, 0.29) is 0 Å². The van der Waals surface area contributed by atoms with Gasteiger partial charge in [-0.2, -0.15) is 0 Å². The molecule has 12 rings (SSSR count). The van der Waals surface area contributed by atoms with Gasteiger partial charge in [0.05, 0.1) is 16.7 Å². The van der Waals surface area contributed by atoms with Gasteiger partial charge in [-0.25, -0.2) is 0 Å². The maximum Gasteiger partial charge on any atom is 0.135 e. The van der Waals surface area contributed by atoms with Crippen molar-refractivity contribution in [3.05, 3.63) is 206 Å². The van der Waals surface area contributed by atoms with E-state index in [0.717, 1.165) is 50.3 Å². The largest absolute Gasteiger partial charge is 0.456 e. The van der Waals surface area contributed by atoms with Gasteiger partial charge in [0.15, 0.2) is 0 Å². The maximum atomic E-state index is 6.38. The van der Waals surface area contributed by atoms with E-state index in [9.17, 15) is 0 Å². The fourth-order valence-corrected chi connectivity index (χ4v) is 10.4. The van der Waals surface area contributed by atoms with E-state index in [2.05, 4.69) is 204 Å². The Labute approximate surface area is 355 Å². The number of hydrogen-bond acceptors (Lipinski definition) is 2. The van der Waals surface area contributed by atoms with E-state index in [1.807, 2.05) is 6.07 Å². The first-order valence-corrected chi connectivity index (χ1v) is 21.8. The van der Waals surface area contributed by atoms with Crippen molar-refractivity contribution in [3.63, 3.8) is 0 Å². The van der Waals surface area contributed by atoms with Crippen molar-refractivity contribution in [2.75, 3.05) is 4.90 Å². The third-order valence-corrected chi connectivity index (χ3v) is 13.2. The summed E-state index contributed by atoms with van der Waals surface area (Å²) in [5.41, 5.74) is 15.0. The molecular formula is C58H44N2O.